The van der Waals surface area contributed by atoms with Crippen LogP contribution in [-0.2, 0) is 20.8 Å². The average Bonchev–Trinajstić information content (AvgIpc) is 2.59. The van der Waals surface area contributed by atoms with E-state index < -0.39 is 6.10 Å². The summed E-state index contributed by atoms with van der Waals surface area (Å²) in [6.45, 7) is 6.77. The van der Waals surface area contributed by atoms with Crippen molar-refractivity contribution in [2.45, 2.75) is 58.3 Å². The van der Waals surface area contributed by atoms with E-state index in [0.29, 0.717) is 26.4 Å². The van der Waals surface area contributed by atoms with Gasteiger partial charge in [-0.2, -0.15) is 0 Å². The molecule has 0 aliphatic carbocycles. The van der Waals surface area contributed by atoms with Gasteiger partial charge in [0.15, 0.2) is 0 Å². The molecular weight excluding hydrogens is 292 g/mol. The van der Waals surface area contributed by atoms with Crippen molar-refractivity contribution in [3.8, 4) is 0 Å². The van der Waals surface area contributed by atoms with Crippen molar-refractivity contribution in [3.63, 3.8) is 0 Å². The van der Waals surface area contributed by atoms with Crippen molar-refractivity contribution >= 4 is 0 Å². The van der Waals surface area contributed by atoms with Crippen molar-refractivity contribution in [2.24, 2.45) is 0 Å². The van der Waals surface area contributed by atoms with Crippen LogP contribution in [0.3, 0.4) is 0 Å². The number of rotatable bonds is 14. The molecule has 0 bridgehead atoms. The molecule has 1 aromatic carbocycles. The first-order valence-electron chi connectivity index (χ1n) is 8.77. The minimum atomic E-state index is -0.669. The number of benzene rings is 1. The minimum absolute atomic E-state index is 0.288. The van der Waals surface area contributed by atoms with Gasteiger partial charge in [-0.1, -0.05) is 57.0 Å². The van der Waals surface area contributed by atoms with Crippen LogP contribution in [0.15, 0.2) is 30.3 Å². The van der Waals surface area contributed by atoms with E-state index in [4.69, 9.17) is 14.2 Å². The molecule has 0 saturated heterocycles. The molecule has 4 nitrogen and oxygen atoms in total. The van der Waals surface area contributed by atoms with Gasteiger partial charge in [-0.25, -0.2) is 0 Å². The van der Waals surface area contributed by atoms with Crippen LogP contribution >= 0.6 is 0 Å². The van der Waals surface area contributed by atoms with Gasteiger partial charge in [0.2, 0.25) is 0 Å². The molecule has 132 valence electrons. The Balaban J connectivity index is 2.39. The lowest BCUT2D eigenvalue weighted by atomic mass is 10.2. The summed E-state index contributed by atoms with van der Waals surface area (Å²) in [5, 5.41) is 10.3. The third kappa shape index (κ3) is 9.72. The van der Waals surface area contributed by atoms with Crippen molar-refractivity contribution < 1.29 is 19.3 Å². The summed E-state index contributed by atoms with van der Waals surface area (Å²) in [4.78, 5) is 0. The summed E-state index contributed by atoms with van der Waals surface area (Å²) in [6.07, 6.45) is 3.18. The molecule has 23 heavy (non-hydrogen) atoms. The average molecular weight is 324 g/mol. The second-order valence-corrected chi connectivity index (χ2v) is 5.76. The Morgan fingerprint density at radius 3 is 2.13 bits per heavy atom. The van der Waals surface area contributed by atoms with Gasteiger partial charge in [0.25, 0.3) is 0 Å². The van der Waals surface area contributed by atoms with Crippen molar-refractivity contribution in [2.75, 3.05) is 26.4 Å². The summed E-state index contributed by atoms with van der Waals surface area (Å²) in [5.74, 6) is 0. The predicted molar refractivity (Wildman–Crippen MR) is 92.5 cm³/mol. The maximum Gasteiger partial charge on any atom is 0.109 e. The molecule has 1 N–H and O–H groups in total. The van der Waals surface area contributed by atoms with Gasteiger partial charge in [0.1, 0.15) is 12.2 Å². The predicted octanol–water partition coefficient (Wildman–Crippen LogP) is 3.57. The molecular formula is C19H32O4. The first-order chi connectivity index (χ1) is 11.3. The Labute approximate surface area is 140 Å². The van der Waals surface area contributed by atoms with E-state index in [-0.39, 0.29) is 12.7 Å². The van der Waals surface area contributed by atoms with Crippen LogP contribution < -0.4 is 0 Å². The monoisotopic (exact) mass is 324 g/mol. The minimum Gasteiger partial charge on any atom is -0.388 e. The maximum atomic E-state index is 10.3. The molecule has 0 spiro atoms. The van der Waals surface area contributed by atoms with Gasteiger partial charge in [0, 0.05) is 13.2 Å². The highest BCUT2D eigenvalue weighted by molar-refractivity contribution is 5.13. The Bertz CT molecular complexity index is 369. The molecule has 4 heteroatoms. The Morgan fingerprint density at radius 2 is 1.52 bits per heavy atom. The van der Waals surface area contributed by atoms with Gasteiger partial charge in [-0.05, 0) is 18.4 Å². The van der Waals surface area contributed by atoms with Crippen LogP contribution in [0.25, 0.3) is 0 Å². The van der Waals surface area contributed by atoms with E-state index in [1.807, 2.05) is 30.3 Å². The highest BCUT2D eigenvalue weighted by Gasteiger charge is 2.20. The molecule has 0 radical (unpaired) electrons. The highest BCUT2D eigenvalue weighted by Crippen LogP contribution is 2.08. The number of hydrogen-bond donors (Lipinski definition) is 1. The molecule has 1 rings (SSSR count). The molecule has 0 aromatic heterocycles. The topological polar surface area (TPSA) is 47.9 Å². The number of aliphatic hydroxyl groups is 1. The molecule has 0 aliphatic heterocycles. The molecule has 0 heterocycles. The molecule has 1 aromatic rings. The van der Waals surface area contributed by atoms with E-state index in [9.17, 15) is 5.11 Å². The number of hydrogen-bond acceptors (Lipinski definition) is 4. The zero-order valence-electron chi connectivity index (χ0n) is 14.6. The fraction of sp³-hybridized carbons (Fsp3) is 0.684. The van der Waals surface area contributed by atoms with Crippen molar-refractivity contribution in [1.29, 1.82) is 0 Å². The van der Waals surface area contributed by atoms with Gasteiger partial charge in [-0.3, -0.25) is 0 Å². The SMILES string of the molecule is CCCCOC[C@H](OCc1ccccc1)[C@@H](O)COCCCC. The third-order valence-corrected chi connectivity index (χ3v) is 3.59. The molecule has 0 amide bonds. The van der Waals surface area contributed by atoms with Crippen molar-refractivity contribution in [3.05, 3.63) is 35.9 Å². The molecule has 0 unspecified atom stereocenters. The second-order valence-electron chi connectivity index (χ2n) is 5.76. The fourth-order valence-corrected chi connectivity index (χ4v) is 2.05. The smallest absolute Gasteiger partial charge is 0.109 e. The Morgan fingerprint density at radius 1 is 0.913 bits per heavy atom. The van der Waals surface area contributed by atoms with Crippen LogP contribution in [0.1, 0.15) is 45.1 Å². The van der Waals surface area contributed by atoms with Gasteiger partial charge < -0.3 is 19.3 Å². The van der Waals surface area contributed by atoms with E-state index in [0.717, 1.165) is 31.2 Å². The summed E-state index contributed by atoms with van der Waals surface area (Å²) in [5.41, 5.74) is 1.09. The first kappa shape index (κ1) is 20.1. The molecule has 2 atom stereocenters. The lowest BCUT2D eigenvalue weighted by molar-refractivity contribution is -0.108. The summed E-state index contributed by atoms with van der Waals surface area (Å²) < 4.78 is 17.0. The van der Waals surface area contributed by atoms with Crippen molar-refractivity contribution in [1.82, 2.24) is 0 Å². The van der Waals surface area contributed by atoms with E-state index >= 15 is 0 Å². The lowest BCUT2D eigenvalue weighted by Gasteiger charge is -2.23. The summed E-state index contributed by atoms with van der Waals surface area (Å²) in [7, 11) is 0. The number of ether oxygens (including phenoxy) is 3. The Hall–Kier alpha value is -0.940. The molecule has 0 saturated carbocycles. The number of unbranched alkanes of at least 4 members (excludes halogenated alkanes) is 2. The van der Waals surface area contributed by atoms with Crippen LogP contribution in [-0.4, -0.2) is 43.7 Å². The van der Waals surface area contributed by atoms with Gasteiger partial charge in [-0.15, -0.1) is 0 Å². The number of aliphatic hydroxyl groups excluding tert-OH is 1. The fourth-order valence-electron chi connectivity index (χ4n) is 2.05. The normalized spacial score (nSPS) is 13.9. The summed E-state index contributed by atoms with van der Waals surface area (Å²) in [6, 6.07) is 9.97. The van der Waals surface area contributed by atoms with Crippen LogP contribution in [0.2, 0.25) is 0 Å². The Kier molecular flexibility index (Phi) is 11.8. The second kappa shape index (κ2) is 13.5. The maximum absolute atomic E-state index is 10.3. The quantitative estimate of drug-likeness (QED) is 0.532. The third-order valence-electron chi connectivity index (χ3n) is 3.59. The van der Waals surface area contributed by atoms with Gasteiger partial charge in [0.05, 0.1) is 19.8 Å². The molecule has 0 fully saturated rings. The van der Waals surface area contributed by atoms with Crippen LogP contribution in [0.4, 0.5) is 0 Å². The standard InChI is InChI=1S/C19H32O4/c1-3-5-12-21-15-18(20)19(16-22-13-6-4-2)23-14-17-10-8-7-9-11-17/h7-11,18-20H,3-6,12-16H2,1-2H3/t18-,19-/m0/s1. The van der Waals surface area contributed by atoms with E-state index in [1.54, 1.807) is 0 Å². The zero-order chi connectivity index (χ0) is 16.8. The summed E-state index contributed by atoms with van der Waals surface area (Å²) >= 11 is 0. The van der Waals surface area contributed by atoms with E-state index in [1.165, 1.54) is 0 Å². The van der Waals surface area contributed by atoms with Crippen LogP contribution in [0, 0.1) is 0 Å². The van der Waals surface area contributed by atoms with Gasteiger partial charge >= 0.3 is 0 Å². The van der Waals surface area contributed by atoms with Crippen LogP contribution in [0.5, 0.6) is 0 Å². The first-order valence-corrected chi connectivity index (χ1v) is 8.77. The largest absolute Gasteiger partial charge is 0.388 e. The lowest BCUT2D eigenvalue weighted by Crippen LogP contribution is -2.37. The highest BCUT2D eigenvalue weighted by atomic mass is 16.5. The molecule has 0 aliphatic rings. The zero-order valence-corrected chi connectivity index (χ0v) is 14.6. The van der Waals surface area contributed by atoms with E-state index in [2.05, 4.69) is 13.8 Å².